The molecule has 1 atom stereocenters. The average molecular weight is 248 g/mol. The van der Waals surface area contributed by atoms with Crippen LogP contribution in [0.3, 0.4) is 0 Å². The molecule has 0 fully saturated rings. The number of aromatic nitrogens is 2. The first-order valence-corrected chi connectivity index (χ1v) is 5.51. The van der Waals surface area contributed by atoms with Crippen LogP contribution in [0.1, 0.15) is 18.4 Å². The number of carbonyl (C=O) groups is 1. The Morgan fingerprint density at radius 1 is 1.50 bits per heavy atom. The lowest BCUT2D eigenvalue weighted by Gasteiger charge is -2.09. The summed E-state index contributed by atoms with van der Waals surface area (Å²) in [6.45, 7) is 1.59. The zero-order valence-corrected chi connectivity index (χ0v) is 10.1. The van der Waals surface area contributed by atoms with E-state index in [-0.39, 0.29) is 5.82 Å². The number of carboxylic acid groups (broad SMARTS) is 1. The topological polar surface area (TPSA) is 55.1 Å². The third-order valence-corrected chi connectivity index (χ3v) is 2.90. The van der Waals surface area contributed by atoms with Gasteiger partial charge in [0, 0.05) is 18.2 Å². The largest absolute Gasteiger partial charge is 0.481 e. The summed E-state index contributed by atoms with van der Waals surface area (Å²) in [5, 5.41) is 13.1. The SMILES string of the molecule is CC(C(=O)O)c1cnn(C)c1-c1cccc(F)c1. The molecule has 0 saturated carbocycles. The highest BCUT2D eigenvalue weighted by Gasteiger charge is 2.21. The van der Waals surface area contributed by atoms with Gasteiger partial charge < -0.3 is 5.11 Å². The van der Waals surface area contributed by atoms with Crippen molar-refractivity contribution in [1.82, 2.24) is 9.78 Å². The van der Waals surface area contributed by atoms with Gasteiger partial charge in [0.05, 0.1) is 17.8 Å². The molecule has 1 aromatic heterocycles. The van der Waals surface area contributed by atoms with Gasteiger partial charge in [-0.1, -0.05) is 12.1 Å². The van der Waals surface area contributed by atoms with E-state index in [1.54, 1.807) is 30.8 Å². The van der Waals surface area contributed by atoms with Crippen LogP contribution in [-0.2, 0) is 11.8 Å². The van der Waals surface area contributed by atoms with Crippen molar-refractivity contribution in [2.24, 2.45) is 7.05 Å². The van der Waals surface area contributed by atoms with Crippen molar-refractivity contribution in [2.45, 2.75) is 12.8 Å². The van der Waals surface area contributed by atoms with Gasteiger partial charge in [-0.15, -0.1) is 0 Å². The van der Waals surface area contributed by atoms with Gasteiger partial charge in [-0.2, -0.15) is 5.10 Å². The van der Waals surface area contributed by atoms with Gasteiger partial charge >= 0.3 is 5.97 Å². The summed E-state index contributed by atoms with van der Waals surface area (Å²) in [6, 6.07) is 6.04. The van der Waals surface area contributed by atoms with Crippen molar-refractivity contribution in [3.05, 3.63) is 41.8 Å². The van der Waals surface area contributed by atoms with E-state index < -0.39 is 11.9 Å². The Hall–Kier alpha value is -2.17. The van der Waals surface area contributed by atoms with Crippen LogP contribution in [0.4, 0.5) is 4.39 Å². The fraction of sp³-hybridized carbons (Fsp3) is 0.231. The minimum absolute atomic E-state index is 0.359. The molecule has 2 rings (SSSR count). The normalized spacial score (nSPS) is 12.4. The number of rotatable bonds is 3. The van der Waals surface area contributed by atoms with Gasteiger partial charge in [-0.05, 0) is 19.1 Å². The minimum Gasteiger partial charge on any atom is -0.481 e. The molecular formula is C13H13FN2O2. The second-order valence-corrected chi connectivity index (χ2v) is 4.14. The summed E-state index contributed by atoms with van der Waals surface area (Å²) in [5.74, 6) is -1.97. The van der Waals surface area contributed by atoms with Crippen LogP contribution in [0.5, 0.6) is 0 Å². The van der Waals surface area contributed by atoms with Crippen LogP contribution in [0.2, 0.25) is 0 Å². The molecule has 1 unspecified atom stereocenters. The molecule has 0 amide bonds. The molecule has 0 aliphatic rings. The van der Waals surface area contributed by atoms with Gasteiger partial charge in [-0.25, -0.2) is 4.39 Å². The number of aliphatic carboxylic acids is 1. The molecule has 5 heteroatoms. The number of benzene rings is 1. The summed E-state index contributed by atoms with van der Waals surface area (Å²) in [7, 11) is 1.71. The third kappa shape index (κ3) is 2.11. The van der Waals surface area contributed by atoms with Gasteiger partial charge in [0.15, 0.2) is 0 Å². The smallest absolute Gasteiger partial charge is 0.310 e. The Morgan fingerprint density at radius 2 is 2.22 bits per heavy atom. The number of carboxylic acids is 1. The molecule has 0 bridgehead atoms. The third-order valence-electron chi connectivity index (χ3n) is 2.90. The van der Waals surface area contributed by atoms with E-state index in [1.807, 2.05) is 0 Å². The molecule has 0 aliphatic heterocycles. The summed E-state index contributed by atoms with van der Waals surface area (Å²) >= 11 is 0. The Kier molecular flexibility index (Phi) is 3.14. The van der Waals surface area contributed by atoms with Crippen molar-refractivity contribution in [1.29, 1.82) is 0 Å². The first-order chi connectivity index (χ1) is 8.50. The highest BCUT2D eigenvalue weighted by Crippen LogP contribution is 2.29. The zero-order chi connectivity index (χ0) is 13.3. The van der Waals surface area contributed by atoms with Crippen LogP contribution in [0.25, 0.3) is 11.3 Å². The highest BCUT2D eigenvalue weighted by atomic mass is 19.1. The molecule has 1 N–H and O–H groups in total. The molecule has 0 spiro atoms. The number of hydrogen-bond acceptors (Lipinski definition) is 2. The lowest BCUT2D eigenvalue weighted by atomic mass is 9.98. The predicted octanol–water partition coefficient (Wildman–Crippen LogP) is 2.41. The van der Waals surface area contributed by atoms with Gasteiger partial charge in [0.1, 0.15) is 5.82 Å². The van der Waals surface area contributed by atoms with E-state index >= 15 is 0 Å². The van der Waals surface area contributed by atoms with Gasteiger partial charge in [0.2, 0.25) is 0 Å². The molecule has 1 heterocycles. The monoisotopic (exact) mass is 248 g/mol. The van der Waals surface area contributed by atoms with Crippen molar-refractivity contribution in [3.8, 4) is 11.3 Å². The van der Waals surface area contributed by atoms with Crippen molar-refractivity contribution in [2.75, 3.05) is 0 Å². The van der Waals surface area contributed by atoms with Crippen LogP contribution in [0.15, 0.2) is 30.5 Å². The second kappa shape index (κ2) is 4.60. The van der Waals surface area contributed by atoms with Crippen molar-refractivity contribution in [3.63, 3.8) is 0 Å². The number of hydrogen-bond donors (Lipinski definition) is 1. The maximum Gasteiger partial charge on any atom is 0.310 e. The Morgan fingerprint density at radius 3 is 2.83 bits per heavy atom. The van der Waals surface area contributed by atoms with Crippen LogP contribution in [0, 0.1) is 5.82 Å². The fourth-order valence-corrected chi connectivity index (χ4v) is 1.89. The van der Waals surface area contributed by atoms with E-state index in [1.165, 1.54) is 18.3 Å². The van der Waals surface area contributed by atoms with E-state index in [9.17, 15) is 9.18 Å². The first-order valence-electron chi connectivity index (χ1n) is 5.51. The first kappa shape index (κ1) is 12.3. The minimum atomic E-state index is -0.930. The Bertz CT molecular complexity index is 592. The second-order valence-electron chi connectivity index (χ2n) is 4.14. The lowest BCUT2D eigenvalue weighted by Crippen LogP contribution is -2.08. The molecule has 94 valence electrons. The van der Waals surface area contributed by atoms with Crippen LogP contribution >= 0.6 is 0 Å². The standard InChI is InChI=1S/C13H13FN2O2/c1-8(13(17)18)11-7-15-16(2)12(11)9-4-3-5-10(14)6-9/h3-8H,1-2H3,(H,17,18). The average Bonchev–Trinajstić information content (AvgIpc) is 2.70. The van der Waals surface area contributed by atoms with E-state index in [4.69, 9.17) is 5.11 Å². The zero-order valence-electron chi connectivity index (χ0n) is 10.1. The van der Waals surface area contributed by atoms with Crippen molar-refractivity contribution < 1.29 is 14.3 Å². The number of aryl methyl sites for hydroxylation is 1. The summed E-state index contributed by atoms with van der Waals surface area (Å²) in [5.41, 5.74) is 1.83. The van der Waals surface area contributed by atoms with Gasteiger partial charge in [-0.3, -0.25) is 9.48 Å². The molecule has 18 heavy (non-hydrogen) atoms. The molecule has 2 aromatic rings. The molecule has 0 saturated heterocycles. The fourth-order valence-electron chi connectivity index (χ4n) is 1.89. The molecular weight excluding hydrogens is 235 g/mol. The van der Waals surface area contributed by atoms with Crippen LogP contribution in [-0.4, -0.2) is 20.9 Å². The lowest BCUT2D eigenvalue weighted by molar-refractivity contribution is -0.138. The van der Waals surface area contributed by atoms with E-state index in [0.717, 1.165) is 0 Å². The molecule has 0 radical (unpaired) electrons. The molecule has 4 nitrogen and oxygen atoms in total. The summed E-state index contributed by atoms with van der Waals surface area (Å²) in [6.07, 6.45) is 1.51. The number of nitrogens with zero attached hydrogens (tertiary/aromatic N) is 2. The highest BCUT2D eigenvalue weighted by molar-refractivity contribution is 5.79. The summed E-state index contributed by atoms with van der Waals surface area (Å²) in [4.78, 5) is 11.0. The summed E-state index contributed by atoms with van der Waals surface area (Å²) < 4.78 is 14.8. The molecule has 1 aromatic carbocycles. The number of halogens is 1. The van der Waals surface area contributed by atoms with E-state index in [2.05, 4.69) is 5.10 Å². The Balaban J connectivity index is 2.57. The van der Waals surface area contributed by atoms with Crippen molar-refractivity contribution >= 4 is 5.97 Å². The van der Waals surface area contributed by atoms with E-state index in [0.29, 0.717) is 16.8 Å². The molecule has 0 aliphatic carbocycles. The Labute approximate surface area is 104 Å². The predicted molar refractivity (Wildman–Crippen MR) is 64.7 cm³/mol. The van der Waals surface area contributed by atoms with Gasteiger partial charge in [0.25, 0.3) is 0 Å². The maximum absolute atomic E-state index is 13.2. The van der Waals surface area contributed by atoms with Crippen LogP contribution < -0.4 is 0 Å². The quantitative estimate of drug-likeness (QED) is 0.907. The maximum atomic E-state index is 13.2.